The molecule has 0 aromatic rings. The average Bonchev–Trinajstić information content (AvgIpc) is 1.96. The summed E-state index contributed by atoms with van der Waals surface area (Å²) in [5, 5.41) is 16.2. The summed E-state index contributed by atoms with van der Waals surface area (Å²) in [7, 11) is 0. The van der Waals surface area contributed by atoms with Gasteiger partial charge in [0.05, 0.1) is 12.8 Å². The van der Waals surface area contributed by atoms with Gasteiger partial charge in [-0.2, -0.15) is 0 Å². The van der Waals surface area contributed by atoms with Crippen LogP contribution < -0.4 is 0 Å². The largest absolute Gasteiger partial charge is 0.481 e. The number of hydrogen-bond donors (Lipinski definition) is 2. The van der Waals surface area contributed by atoms with E-state index in [1.165, 1.54) is 0 Å². The minimum atomic E-state index is -1.27. The fourth-order valence-electron chi connectivity index (χ4n) is 0.423. The van der Waals surface area contributed by atoms with Crippen LogP contribution in [0.4, 0.5) is 0 Å². The molecule has 0 unspecified atom stereocenters. The second-order valence-electron chi connectivity index (χ2n) is 1.95. The molecule has 0 spiro atoms. The molecule has 0 saturated carbocycles. The number of hydrogen-bond acceptors (Lipinski definition) is 4. The minimum Gasteiger partial charge on any atom is -0.481 e. The Morgan fingerprint density at radius 2 is 1.58 bits per heavy atom. The molecule has 0 aromatic heterocycles. The SMILES string of the molecule is O=C(O)CCC(=O)OCC(=O)O. The fourth-order valence-corrected chi connectivity index (χ4v) is 0.423. The fraction of sp³-hybridized carbons (Fsp3) is 0.500. The van der Waals surface area contributed by atoms with Gasteiger partial charge in [-0.05, 0) is 0 Å². The van der Waals surface area contributed by atoms with Crippen molar-refractivity contribution in [2.45, 2.75) is 12.8 Å². The van der Waals surface area contributed by atoms with Crippen LogP contribution in [0.5, 0.6) is 0 Å². The third-order valence-corrected chi connectivity index (χ3v) is 0.900. The van der Waals surface area contributed by atoms with Gasteiger partial charge in [-0.15, -0.1) is 0 Å². The van der Waals surface area contributed by atoms with Crippen LogP contribution >= 0.6 is 0 Å². The summed E-state index contributed by atoms with van der Waals surface area (Å²) in [4.78, 5) is 30.3. The van der Waals surface area contributed by atoms with Crippen LogP contribution in [0, 0.1) is 0 Å². The van der Waals surface area contributed by atoms with Crippen LogP contribution in [-0.4, -0.2) is 34.7 Å². The highest BCUT2D eigenvalue weighted by atomic mass is 16.5. The molecular formula is C6H8O6. The van der Waals surface area contributed by atoms with E-state index in [0.717, 1.165) is 0 Å². The van der Waals surface area contributed by atoms with Crippen molar-refractivity contribution in [3.05, 3.63) is 0 Å². The lowest BCUT2D eigenvalue weighted by atomic mass is 10.3. The molecule has 0 bridgehead atoms. The van der Waals surface area contributed by atoms with E-state index < -0.39 is 24.5 Å². The van der Waals surface area contributed by atoms with E-state index in [4.69, 9.17) is 10.2 Å². The van der Waals surface area contributed by atoms with Crippen LogP contribution in [0.1, 0.15) is 12.8 Å². The number of rotatable bonds is 5. The normalized spacial score (nSPS) is 9.00. The minimum absolute atomic E-state index is 0.303. The summed E-state index contributed by atoms with van der Waals surface area (Å²) >= 11 is 0. The Morgan fingerprint density at radius 1 is 1.00 bits per heavy atom. The van der Waals surface area contributed by atoms with Crippen molar-refractivity contribution >= 4 is 17.9 Å². The zero-order valence-corrected chi connectivity index (χ0v) is 6.15. The molecular weight excluding hydrogens is 168 g/mol. The number of carboxylic acids is 2. The van der Waals surface area contributed by atoms with Crippen LogP contribution in [0.25, 0.3) is 0 Å². The van der Waals surface area contributed by atoms with Crippen molar-refractivity contribution in [1.82, 2.24) is 0 Å². The number of carbonyl (C=O) groups excluding carboxylic acids is 1. The molecule has 0 aliphatic rings. The first-order valence-electron chi connectivity index (χ1n) is 3.11. The van der Waals surface area contributed by atoms with Gasteiger partial charge in [0.2, 0.25) is 0 Å². The van der Waals surface area contributed by atoms with Crippen molar-refractivity contribution < 1.29 is 29.3 Å². The summed E-state index contributed by atoms with van der Waals surface area (Å²) < 4.78 is 4.15. The van der Waals surface area contributed by atoms with Gasteiger partial charge in [-0.25, -0.2) is 4.79 Å². The molecule has 0 atom stereocenters. The van der Waals surface area contributed by atoms with Gasteiger partial charge in [0, 0.05) is 0 Å². The molecule has 0 heterocycles. The van der Waals surface area contributed by atoms with E-state index in [9.17, 15) is 14.4 Å². The highest BCUT2D eigenvalue weighted by Crippen LogP contribution is 1.92. The first-order chi connectivity index (χ1) is 5.52. The monoisotopic (exact) mass is 176 g/mol. The number of ether oxygens (including phenoxy) is 1. The smallest absolute Gasteiger partial charge is 0.341 e. The van der Waals surface area contributed by atoms with E-state index in [-0.39, 0.29) is 12.8 Å². The standard InChI is InChI=1S/C6H8O6/c7-4(8)1-2-6(11)12-3-5(9)10/h1-3H2,(H,7,8)(H,9,10). The maximum absolute atomic E-state index is 10.5. The van der Waals surface area contributed by atoms with E-state index in [2.05, 4.69) is 4.74 Å². The first kappa shape index (κ1) is 10.4. The van der Waals surface area contributed by atoms with E-state index in [1.807, 2.05) is 0 Å². The lowest BCUT2D eigenvalue weighted by Crippen LogP contribution is -2.13. The van der Waals surface area contributed by atoms with E-state index in [1.54, 1.807) is 0 Å². The molecule has 12 heavy (non-hydrogen) atoms. The molecule has 0 fully saturated rings. The number of esters is 1. The predicted octanol–water partition coefficient (Wildman–Crippen LogP) is -0.521. The Balaban J connectivity index is 3.47. The molecule has 0 saturated heterocycles. The van der Waals surface area contributed by atoms with E-state index >= 15 is 0 Å². The summed E-state index contributed by atoms with van der Waals surface area (Å²) in [6.45, 7) is -0.724. The Hall–Kier alpha value is -1.59. The van der Waals surface area contributed by atoms with Gasteiger partial charge < -0.3 is 14.9 Å². The number of aliphatic carboxylic acids is 2. The predicted molar refractivity (Wildman–Crippen MR) is 35.5 cm³/mol. The quantitative estimate of drug-likeness (QED) is 0.546. The Morgan fingerprint density at radius 3 is 2.00 bits per heavy atom. The maximum atomic E-state index is 10.5. The van der Waals surface area contributed by atoms with Gasteiger partial charge >= 0.3 is 17.9 Å². The van der Waals surface area contributed by atoms with Gasteiger partial charge in [0.1, 0.15) is 0 Å². The highest BCUT2D eigenvalue weighted by molar-refractivity contribution is 5.78. The van der Waals surface area contributed by atoms with Gasteiger partial charge in [0.15, 0.2) is 6.61 Å². The third-order valence-electron chi connectivity index (χ3n) is 0.900. The van der Waals surface area contributed by atoms with Gasteiger partial charge in [-0.1, -0.05) is 0 Å². The summed E-state index contributed by atoms with van der Waals surface area (Å²) in [6, 6.07) is 0. The highest BCUT2D eigenvalue weighted by Gasteiger charge is 2.07. The molecule has 0 aromatic carbocycles. The number of carbonyl (C=O) groups is 3. The lowest BCUT2D eigenvalue weighted by molar-refractivity contribution is -0.156. The van der Waals surface area contributed by atoms with Crippen molar-refractivity contribution in [2.24, 2.45) is 0 Å². The molecule has 0 aliphatic carbocycles. The summed E-state index contributed by atoms with van der Waals surface area (Å²) in [6.07, 6.45) is -0.652. The van der Waals surface area contributed by atoms with Crippen LogP contribution in [0.2, 0.25) is 0 Å². The average molecular weight is 176 g/mol. The van der Waals surface area contributed by atoms with Crippen LogP contribution in [-0.2, 0) is 19.1 Å². The Labute approximate surface area is 67.8 Å². The second kappa shape index (κ2) is 5.11. The molecule has 0 rings (SSSR count). The maximum Gasteiger partial charge on any atom is 0.341 e. The van der Waals surface area contributed by atoms with Gasteiger partial charge in [0.25, 0.3) is 0 Å². The topological polar surface area (TPSA) is 101 Å². The van der Waals surface area contributed by atoms with E-state index in [0.29, 0.717) is 0 Å². The number of carboxylic acid groups (broad SMARTS) is 2. The zero-order chi connectivity index (χ0) is 9.56. The zero-order valence-electron chi connectivity index (χ0n) is 6.15. The molecule has 0 radical (unpaired) electrons. The molecule has 6 heteroatoms. The molecule has 0 amide bonds. The summed E-state index contributed by atoms with van der Waals surface area (Å²) in [5.41, 5.74) is 0. The lowest BCUT2D eigenvalue weighted by Gasteiger charge is -1.98. The first-order valence-corrected chi connectivity index (χ1v) is 3.11. The Bertz CT molecular complexity index is 176. The third kappa shape index (κ3) is 6.53. The molecule has 68 valence electrons. The molecule has 2 N–H and O–H groups in total. The summed E-state index contributed by atoms with van der Waals surface area (Å²) in [5.74, 6) is -3.21. The van der Waals surface area contributed by atoms with Crippen molar-refractivity contribution in [1.29, 1.82) is 0 Å². The van der Waals surface area contributed by atoms with Crippen molar-refractivity contribution in [3.63, 3.8) is 0 Å². The van der Waals surface area contributed by atoms with Crippen LogP contribution in [0.3, 0.4) is 0 Å². The Kier molecular flexibility index (Phi) is 4.43. The van der Waals surface area contributed by atoms with Crippen molar-refractivity contribution in [2.75, 3.05) is 6.61 Å². The molecule has 6 nitrogen and oxygen atoms in total. The molecule has 0 aliphatic heterocycles. The van der Waals surface area contributed by atoms with Crippen molar-refractivity contribution in [3.8, 4) is 0 Å². The van der Waals surface area contributed by atoms with Crippen LogP contribution in [0.15, 0.2) is 0 Å². The second-order valence-corrected chi connectivity index (χ2v) is 1.95. The van der Waals surface area contributed by atoms with Gasteiger partial charge in [-0.3, -0.25) is 9.59 Å².